The third kappa shape index (κ3) is 5.30. The van der Waals surface area contributed by atoms with Gasteiger partial charge in [-0.15, -0.1) is 0 Å². The van der Waals surface area contributed by atoms with E-state index >= 15 is 0 Å². The van der Waals surface area contributed by atoms with Crippen molar-refractivity contribution in [3.63, 3.8) is 0 Å². The summed E-state index contributed by atoms with van der Waals surface area (Å²) >= 11 is 2.16. The molecule has 138 valence electrons. The molecule has 0 radical (unpaired) electrons. The summed E-state index contributed by atoms with van der Waals surface area (Å²) in [6.07, 6.45) is 7.78. The Morgan fingerprint density at radius 3 is 2.67 bits per heavy atom. The molecule has 1 unspecified atom stereocenters. The third-order valence-corrected chi connectivity index (χ3v) is 6.70. The van der Waals surface area contributed by atoms with E-state index in [1.807, 2.05) is 0 Å². The van der Waals surface area contributed by atoms with Crippen LogP contribution < -0.4 is 5.32 Å². The number of hydrogen-bond donors (Lipinski definition) is 1. The van der Waals surface area contributed by atoms with Crippen molar-refractivity contribution >= 4 is 23.6 Å². The Balaban J connectivity index is 2.09. The maximum Gasteiger partial charge on any atom is 0.243 e. The first-order chi connectivity index (χ1) is 11.5. The minimum atomic E-state index is 0.0530. The van der Waals surface area contributed by atoms with Gasteiger partial charge in [-0.05, 0) is 26.2 Å². The van der Waals surface area contributed by atoms with Crippen LogP contribution in [0, 0.1) is 0 Å². The molecule has 2 aliphatic rings. The molecule has 1 heterocycles. The molecule has 1 aliphatic heterocycles. The zero-order chi connectivity index (χ0) is 17.6. The lowest BCUT2D eigenvalue weighted by atomic mass is 9.87. The van der Waals surface area contributed by atoms with Gasteiger partial charge in [-0.3, -0.25) is 4.79 Å². The summed E-state index contributed by atoms with van der Waals surface area (Å²) in [7, 11) is 3.57. The molecule has 0 aromatic rings. The lowest BCUT2D eigenvalue weighted by molar-refractivity contribution is -0.127. The molecule has 6 heteroatoms. The van der Waals surface area contributed by atoms with Gasteiger partial charge in [-0.25, -0.2) is 4.99 Å². The Bertz CT molecular complexity index is 441. The number of thioether (sulfide) groups is 1. The number of nitrogens with one attached hydrogen (secondary N) is 1. The van der Waals surface area contributed by atoms with E-state index in [4.69, 9.17) is 0 Å². The summed E-state index contributed by atoms with van der Waals surface area (Å²) < 4.78 is 0.403. The zero-order valence-electron chi connectivity index (χ0n) is 15.8. The normalized spacial score (nSPS) is 22.3. The summed E-state index contributed by atoms with van der Waals surface area (Å²) in [6.45, 7) is 6.66. The maximum absolute atomic E-state index is 11.9. The fraction of sp³-hybridized carbons (Fsp3) is 0.889. The predicted octanol–water partition coefficient (Wildman–Crippen LogP) is 2.57. The van der Waals surface area contributed by atoms with Crippen molar-refractivity contribution in [1.29, 1.82) is 0 Å². The van der Waals surface area contributed by atoms with Crippen LogP contribution >= 0.6 is 11.8 Å². The monoisotopic (exact) mass is 354 g/mol. The quantitative estimate of drug-likeness (QED) is 0.623. The highest BCUT2D eigenvalue weighted by Gasteiger charge is 2.38. The molecule has 5 nitrogen and oxygen atoms in total. The molecule has 1 saturated carbocycles. The van der Waals surface area contributed by atoms with Gasteiger partial charge in [-0.1, -0.05) is 26.2 Å². The molecule has 1 aliphatic carbocycles. The van der Waals surface area contributed by atoms with Crippen LogP contribution in [0.25, 0.3) is 0 Å². The second-order valence-corrected chi connectivity index (χ2v) is 8.96. The number of likely N-dealkylation sites (N-methyl/N-ethyl adjacent to an activating group) is 1. The molecule has 0 aromatic heterocycles. The largest absolute Gasteiger partial charge is 0.354 e. The number of nitrogens with zero attached hydrogens (tertiary/aromatic N) is 3. The first kappa shape index (κ1) is 19.4. The minimum absolute atomic E-state index is 0.0530. The van der Waals surface area contributed by atoms with Crippen LogP contribution in [0.15, 0.2) is 4.99 Å². The van der Waals surface area contributed by atoms with Gasteiger partial charge in [0, 0.05) is 43.7 Å². The minimum Gasteiger partial charge on any atom is -0.354 e. The molecule has 1 amide bonds. The molecule has 2 rings (SSSR count). The van der Waals surface area contributed by atoms with Gasteiger partial charge in [0.25, 0.3) is 0 Å². The average molecular weight is 355 g/mol. The first-order valence-electron chi connectivity index (χ1n) is 9.36. The lowest BCUT2D eigenvalue weighted by Gasteiger charge is -2.46. The van der Waals surface area contributed by atoms with E-state index in [1.54, 1.807) is 19.0 Å². The fourth-order valence-corrected chi connectivity index (χ4v) is 4.94. The highest BCUT2D eigenvalue weighted by Crippen LogP contribution is 2.42. The van der Waals surface area contributed by atoms with Crippen LogP contribution in [0.1, 0.15) is 52.4 Å². The van der Waals surface area contributed by atoms with Crippen LogP contribution in [0.3, 0.4) is 0 Å². The van der Waals surface area contributed by atoms with Crippen molar-refractivity contribution in [3.8, 4) is 0 Å². The number of hydrogen-bond acceptors (Lipinski definition) is 3. The molecule has 24 heavy (non-hydrogen) atoms. The zero-order valence-corrected chi connectivity index (χ0v) is 16.6. The Labute approximate surface area is 151 Å². The molecule has 1 atom stereocenters. The van der Waals surface area contributed by atoms with E-state index in [9.17, 15) is 4.79 Å². The standard InChI is InChI=1S/C18H34N4OS/c1-5-15(2)20-17(19-13-16(23)21(3)4)22-11-12-24-18(14-22)9-7-6-8-10-18/h15H,5-14H2,1-4H3,(H,19,20). The van der Waals surface area contributed by atoms with Gasteiger partial charge in [0.1, 0.15) is 6.54 Å². The van der Waals surface area contributed by atoms with Crippen LogP contribution in [0.5, 0.6) is 0 Å². The van der Waals surface area contributed by atoms with E-state index in [2.05, 4.69) is 40.8 Å². The van der Waals surface area contributed by atoms with E-state index in [0.29, 0.717) is 10.8 Å². The van der Waals surface area contributed by atoms with Gasteiger partial charge in [0.2, 0.25) is 5.91 Å². The average Bonchev–Trinajstić information content (AvgIpc) is 2.58. The van der Waals surface area contributed by atoms with Crippen LogP contribution in [-0.4, -0.2) is 71.9 Å². The van der Waals surface area contributed by atoms with Gasteiger partial charge in [-0.2, -0.15) is 11.8 Å². The summed E-state index contributed by atoms with van der Waals surface area (Å²) in [5.41, 5.74) is 0. The molecule has 1 spiro atoms. The molecular weight excluding hydrogens is 320 g/mol. The first-order valence-corrected chi connectivity index (χ1v) is 10.3. The molecule has 1 saturated heterocycles. The highest BCUT2D eigenvalue weighted by atomic mass is 32.2. The Hall–Kier alpha value is -0.910. The SMILES string of the molecule is CCC(C)NC(=NCC(=O)N(C)C)N1CCSC2(CCCCC2)C1. The Kier molecular flexibility index (Phi) is 7.26. The Morgan fingerprint density at radius 1 is 1.33 bits per heavy atom. The second-order valence-electron chi connectivity index (χ2n) is 7.40. The fourth-order valence-electron chi connectivity index (χ4n) is 3.37. The smallest absolute Gasteiger partial charge is 0.243 e. The van der Waals surface area contributed by atoms with Crippen molar-refractivity contribution in [2.75, 3.05) is 39.5 Å². The van der Waals surface area contributed by atoms with Crippen molar-refractivity contribution in [2.45, 2.75) is 63.2 Å². The topological polar surface area (TPSA) is 47.9 Å². The summed E-state index contributed by atoms with van der Waals surface area (Å²) in [6, 6.07) is 0.370. The van der Waals surface area contributed by atoms with E-state index in [1.165, 1.54) is 32.1 Å². The summed E-state index contributed by atoms with van der Waals surface area (Å²) in [4.78, 5) is 20.6. The predicted molar refractivity (Wildman–Crippen MR) is 104 cm³/mol. The number of carbonyl (C=O) groups excluding carboxylic acids is 1. The maximum atomic E-state index is 11.9. The number of guanidine groups is 1. The summed E-state index contributed by atoms with van der Waals surface area (Å²) in [5.74, 6) is 2.13. The van der Waals surface area contributed by atoms with Crippen molar-refractivity contribution in [1.82, 2.24) is 15.1 Å². The van der Waals surface area contributed by atoms with Crippen LogP contribution in [0.4, 0.5) is 0 Å². The van der Waals surface area contributed by atoms with Gasteiger partial charge >= 0.3 is 0 Å². The highest BCUT2D eigenvalue weighted by molar-refractivity contribution is 8.00. The van der Waals surface area contributed by atoms with Crippen molar-refractivity contribution in [2.24, 2.45) is 4.99 Å². The van der Waals surface area contributed by atoms with Gasteiger partial charge in [0.05, 0.1) is 0 Å². The molecule has 0 aromatic carbocycles. The molecule has 2 fully saturated rings. The van der Waals surface area contributed by atoms with Crippen molar-refractivity contribution < 1.29 is 4.79 Å². The second kappa shape index (κ2) is 8.97. The van der Waals surface area contributed by atoms with Crippen molar-refractivity contribution in [3.05, 3.63) is 0 Å². The molecule has 0 bridgehead atoms. The van der Waals surface area contributed by atoms with Crippen LogP contribution in [-0.2, 0) is 4.79 Å². The lowest BCUT2D eigenvalue weighted by Crippen LogP contribution is -2.55. The van der Waals surface area contributed by atoms with E-state index < -0.39 is 0 Å². The van der Waals surface area contributed by atoms with Gasteiger partial charge < -0.3 is 15.1 Å². The van der Waals surface area contributed by atoms with Crippen LogP contribution in [0.2, 0.25) is 0 Å². The number of amides is 1. The van der Waals surface area contributed by atoms with Gasteiger partial charge in [0.15, 0.2) is 5.96 Å². The van der Waals surface area contributed by atoms with E-state index in [-0.39, 0.29) is 12.5 Å². The Morgan fingerprint density at radius 2 is 2.04 bits per heavy atom. The number of rotatable bonds is 4. The number of aliphatic imine (C=N–C) groups is 1. The van der Waals surface area contributed by atoms with E-state index in [0.717, 1.165) is 31.2 Å². The summed E-state index contributed by atoms with van der Waals surface area (Å²) in [5, 5.41) is 3.55. The molecular formula is C18H34N4OS. The molecule has 1 N–H and O–H groups in total. The number of carbonyl (C=O) groups is 1. The third-order valence-electron chi connectivity index (χ3n) is 5.16.